The van der Waals surface area contributed by atoms with Gasteiger partial charge in [-0.3, -0.25) is 0 Å². The van der Waals surface area contributed by atoms with Crippen molar-refractivity contribution in [2.45, 2.75) is 44.6 Å². The molecule has 0 saturated heterocycles. The molecular formula is C17H24N2O2. The summed E-state index contributed by atoms with van der Waals surface area (Å²) in [7, 11) is 0. The Balaban J connectivity index is 1.42. The number of benzene rings is 1. The molecule has 2 amide bonds. The summed E-state index contributed by atoms with van der Waals surface area (Å²) < 4.78 is 5.75. The Bertz CT molecular complexity index is 483. The summed E-state index contributed by atoms with van der Waals surface area (Å²) in [5.74, 6) is 1.34. The SMILES string of the molecule is O=C(NCC1COc2ccccc2C1)NC1CCCCC1. The van der Waals surface area contributed by atoms with Crippen LogP contribution in [0.15, 0.2) is 24.3 Å². The number of carbonyl (C=O) groups is 1. The minimum absolute atomic E-state index is 0.0271. The molecule has 0 radical (unpaired) electrons. The van der Waals surface area contributed by atoms with Crippen LogP contribution in [0.25, 0.3) is 0 Å². The quantitative estimate of drug-likeness (QED) is 0.898. The third-order valence-electron chi connectivity index (χ3n) is 4.45. The Hall–Kier alpha value is -1.71. The lowest BCUT2D eigenvalue weighted by atomic mass is 9.95. The third kappa shape index (κ3) is 3.90. The zero-order chi connectivity index (χ0) is 14.5. The third-order valence-corrected chi connectivity index (χ3v) is 4.45. The van der Waals surface area contributed by atoms with Crippen LogP contribution in [0.5, 0.6) is 5.75 Å². The van der Waals surface area contributed by atoms with Crippen LogP contribution in [0, 0.1) is 5.92 Å². The predicted molar refractivity (Wildman–Crippen MR) is 82.5 cm³/mol. The summed E-state index contributed by atoms with van der Waals surface area (Å²) in [6.45, 7) is 1.35. The van der Waals surface area contributed by atoms with E-state index in [0.29, 0.717) is 25.1 Å². The number of hydrogen-bond acceptors (Lipinski definition) is 2. The van der Waals surface area contributed by atoms with Crippen molar-refractivity contribution in [3.8, 4) is 5.75 Å². The van der Waals surface area contributed by atoms with E-state index >= 15 is 0 Å². The molecule has 1 aromatic carbocycles. The highest BCUT2D eigenvalue weighted by Gasteiger charge is 2.21. The molecule has 0 bridgehead atoms. The number of para-hydroxylation sites is 1. The second kappa shape index (κ2) is 6.83. The zero-order valence-corrected chi connectivity index (χ0v) is 12.4. The second-order valence-electron chi connectivity index (χ2n) is 6.18. The van der Waals surface area contributed by atoms with Gasteiger partial charge in [0.1, 0.15) is 5.75 Å². The van der Waals surface area contributed by atoms with Gasteiger partial charge >= 0.3 is 6.03 Å². The number of amides is 2. The number of ether oxygens (including phenoxy) is 1. The Morgan fingerprint density at radius 2 is 2.00 bits per heavy atom. The predicted octanol–water partition coefficient (Wildman–Crippen LogP) is 2.87. The number of nitrogens with one attached hydrogen (secondary N) is 2. The molecular weight excluding hydrogens is 264 g/mol. The normalized spacial score (nSPS) is 22.0. The van der Waals surface area contributed by atoms with Gasteiger partial charge in [0.25, 0.3) is 0 Å². The van der Waals surface area contributed by atoms with Crippen LogP contribution in [0.1, 0.15) is 37.7 Å². The number of rotatable bonds is 3. The summed E-state index contributed by atoms with van der Waals surface area (Å²) >= 11 is 0. The largest absolute Gasteiger partial charge is 0.493 e. The fourth-order valence-corrected chi connectivity index (χ4v) is 3.24. The molecule has 1 aliphatic carbocycles. The van der Waals surface area contributed by atoms with Crippen molar-refractivity contribution in [2.75, 3.05) is 13.2 Å². The van der Waals surface area contributed by atoms with E-state index in [1.165, 1.54) is 24.8 Å². The van der Waals surface area contributed by atoms with E-state index in [-0.39, 0.29) is 6.03 Å². The topological polar surface area (TPSA) is 50.4 Å². The Labute approximate surface area is 126 Å². The van der Waals surface area contributed by atoms with Gasteiger partial charge < -0.3 is 15.4 Å². The maximum absolute atomic E-state index is 11.9. The van der Waals surface area contributed by atoms with Crippen molar-refractivity contribution in [1.29, 1.82) is 0 Å². The molecule has 0 spiro atoms. The van der Waals surface area contributed by atoms with Crippen LogP contribution in [0.2, 0.25) is 0 Å². The first-order valence-electron chi connectivity index (χ1n) is 8.06. The monoisotopic (exact) mass is 288 g/mol. The highest BCUT2D eigenvalue weighted by molar-refractivity contribution is 5.74. The summed E-state index contributed by atoms with van der Waals surface area (Å²) in [4.78, 5) is 11.9. The maximum Gasteiger partial charge on any atom is 0.315 e. The van der Waals surface area contributed by atoms with Gasteiger partial charge in [0.2, 0.25) is 0 Å². The van der Waals surface area contributed by atoms with Gasteiger partial charge in [-0.1, -0.05) is 37.5 Å². The highest BCUT2D eigenvalue weighted by atomic mass is 16.5. The van der Waals surface area contributed by atoms with E-state index in [9.17, 15) is 4.79 Å². The van der Waals surface area contributed by atoms with Crippen molar-refractivity contribution in [3.05, 3.63) is 29.8 Å². The second-order valence-corrected chi connectivity index (χ2v) is 6.18. The van der Waals surface area contributed by atoms with E-state index < -0.39 is 0 Å². The van der Waals surface area contributed by atoms with E-state index in [2.05, 4.69) is 16.7 Å². The molecule has 2 N–H and O–H groups in total. The van der Waals surface area contributed by atoms with Crippen LogP contribution >= 0.6 is 0 Å². The fraction of sp³-hybridized carbons (Fsp3) is 0.588. The van der Waals surface area contributed by atoms with E-state index in [1.807, 2.05) is 18.2 Å². The number of fused-ring (bicyclic) bond motifs is 1. The molecule has 1 aliphatic heterocycles. The van der Waals surface area contributed by atoms with Crippen LogP contribution < -0.4 is 15.4 Å². The molecule has 0 aromatic heterocycles. The molecule has 1 heterocycles. The van der Waals surface area contributed by atoms with Crippen molar-refractivity contribution in [3.63, 3.8) is 0 Å². The van der Waals surface area contributed by atoms with Gasteiger partial charge in [0, 0.05) is 18.5 Å². The van der Waals surface area contributed by atoms with E-state index in [1.54, 1.807) is 0 Å². The molecule has 1 aromatic rings. The average molecular weight is 288 g/mol. The van der Waals surface area contributed by atoms with Gasteiger partial charge in [0.15, 0.2) is 0 Å². The first kappa shape index (κ1) is 14.2. The van der Waals surface area contributed by atoms with Crippen molar-refractivity contribution >= 4 is 6.03 Å². The lowest BCUT2D eigenvalue weighted by Crippen LogP contribution is -2.45. The summed E-state index contributed by atoms with van der Waals surface area (Å²) in [5.41, 5.74) is 1.24. The molecule has 21 heavy (non-hydrogen) atoms. The molecule has 1 fully saturated rings. The molecule has 1 unspecified atom stereocenters. The fourth-order valence-electron chi connectivity index (χ4n) is 3.24. The van der Waals surface area contributed by atoms with Gasteiger partial charge in [-0.25, -0.2) is 4.79 Å². The minimum Gasteiger partial charge on any atom is -0.493 e. The minimum atomic E-state index is -0.0271. The molecule has 4 nitrogen and oxygen atoms in total. The average Bonchev–Trinajstić information content (AvgIpc) is 2.54. The van der Waals surface area contributed by atoms with Gasteiger partial charge in [-0.2, -0.15) is 0 Å². The van der Waals surface area contributed by atoms with Crippen molar-refractivity contribution in [1.82, 2.24) is 10.6 Å². The van der Waals surface area contributed by atoms with Crippen LogP contribution in [0.3, 0.4) is 0 Å². The van der Waals surface area contributed by atoms with Gasteiger partial charge in [0.05, 0.1) is 6.61 Å². The first-order valence-corrected chi connectivity index (χ1v) is 8.06. The van der Waals surface area contributed by atoms with Crippen molar-refractivity contribution < 1.29 is 9.53 Å². The number of carbonyl (C=O) groups excluding carboxylic acids is 1. The Kier molecular flexibility index (Phi) is 4.63. The number of urea groups is 1. The Morgan fingerprint density at radius 1 is 1.19 bits per heavy atom. The number of hydrogen-bond donors (Lipinski definition) is 2. The molecule has 1 atom stereocenters. The van der Waals surface area contributed by atoms with Crippen LogP contribution in [-0.4, -0.2) is 25.2 Å². The summed E-state index contributed by atoms with van der Waals surface area (Å²) in [5, 5.41) is 6.09. The first-order chi connectivity index (χ1) is 10.3. The molecule has 3 rings (SSSR count). The zero-order valence-electron chi connectivity index (χ0n) is 12.4. The maximum atomic E-state index is 11.9. The van der Waals surface area contributed by atoms with Crippen LogP contribution in [-0.2, 0) is 6.42 Å². The van der Waals surface area contributed by atoms with Crippen molar-refractivity contribution in [2.24, 2.45) is 5.92 Å². The van der Waals surface area contributed by atoms with Gasteiger partial charge in [-0.15, -0.1) is 0 Å². The van der Waals surface area contributed by atoms with Gasteiger partial charge in [-0.05, 0) is 30.9 Å². The van der Waals surface area contributed by atoms with Crippen LogP contribution in [0.4, 0.5) is 4.79 Å². The van der Waals surface area contributed by atoms with E-state index in [0.717, 1.165) is 25.0 Å². The van der Waals surface area contributed by atoms with E-state index in [4.69, 9.17) is 4.74 Å². The summed E-state index contributed by atoms with van der Waals surface area (Å²) in [6.07, 6.45) is 6.98. The molecule has 4 heteroatoms. The standard InChI is InChI=1S/C17H24N2O2/c20-17(19-15-7-2-1-3-8-15)18-11-13-10-14-6-4-5-9-16(14)21-12-13/h4-6,9,13,15H,1-3,7-8,10-12H2,(H2,18,19,20). The molecule has 114 valence electrons. The smallest absolute Gasteiger partial charge is 0.315 e. The molecule has 2 aliphatic rings. The lowest BCUT2D eigenvalue weighted by molar-refractivity contribution is 0.208. The summed E-state index contributed by atoms with van der Waals surface area (Å²) in [6, 6.07) is 8.48. The molecule has 1 saturated carbocycles. The highest BCUT2D eigenvalue weighted by Crippen LogP contribution is 2.26. The lowest BCUT2D eigenvalue weighted by Gasteiger charge is -2.26. The Morgan fingerprint density at radius 3 is 2.86 bits per heavy atom.